The van der Waals surface area contributed by atoms with Crippen molar-refractivity contribution in [2.24, 2.45) is 0 Å². The van der Waals surface area contributed by atoms with Crippen LogP contribution in [0.3, 0.4) is 0 Å². The maximum absolute atomic E-state index is 12.0. The first kappa shape index (κ1) is 16.7. The molecule has 0 bridgehead atoms. The fourth-order valence-electron chi connectivity index (χ4n) is 1.78. The van der Waals surface area contributed by atoms with Crippen LogP contribution < -0.4 is 5.32 Å². The lowest BCUT2D eigenvalue weighted by atomic mass is 10.2. The topological polar surface area (TPSA) is 68.3 Å². The molecule has 0 atom stereocenters. The van der Waals surface area contributed by atoms with E-state index in [-0.39, 0.29) is 18.0 Å². The van der Waals surface area contributed by atoms with E-state index in [0.717, 1.165) is 5.56 Å². The van der Waals surface area contributed by atoms with Crippen molar-refractivity contribution in [3.8, 4) is 0 Å². The van der Waals surface area contributed by atoms with Gasteiger partial charge in [-0.15, -0.1) is 0 Å². The fourth-order valence-corrected chi connectivity index (χ4v) is 1.91. The minimum absolute atomic E-state index is 0.164. The van der Waals surface area contributed by atoms with Crippen LogP contribution in [-0.2, 0) is 9.53 Å². The van der Waals surface area contributed by atoms with E-state index >= 15 is 0 Å². The van der Waals surface area contributed by atoms with E-state index in [1.807, 2.05) is 0 Å². The average Bonchev–Trinajstić information content (AvgIpc) is 2.55. The second-order valence-corrected chi connectivity index (χ2v) is 4.93. The number of halogens is 1. The van der Waals surface area contributed by atoms with Gasteiger partial charge in [-0.2, -0.15) is 0 Å². The molecule has 0 saturated heterocycles. The molecular weight excluding hydrogens is 316 g/mol. The van der Waals surface area contributed by atoms with Crippen molar-refractivity contribution in [3.63, 3.8) is 0 Å². The Bertz CT molecular complexity index is 727. The average molecular weight is 331 g/mol. The largest absolute Gasteiger partial charge is 0.462 e. The van der Waals surface area contributed by atoms with E-state index in [1.165, 1.54) is 12.3 Å². The van der Waals surface area contributed by atoms with Gasteiger partial charge in [-0.25, -0.2) is 9.78 Å². The molecule has 1 amide bonds. The van der Waals surface area contributed by atoms with E-state index in [4.69, 9.17) is 16.3 Å². The molecule has 1 aromatic heterocycles. The molecule has 0 radical (unpaired) electrons. The van der Waals surface area contributed by atoms with Crippen LogP contribution in [0.4, 0.5) is 5.82 Å². The van der Waals surface area contributed by atoms with Gasteiger partial charge in [-0.1, -0.05) is 23.7 Å². The Balaban J connectivity index is 2.08. The van der Waals surface area contributed by atoms with Crippen LogP contribution >= 0.6 is 11.6 Å². The summed E-state index contributed by atoms with van der Waals surface area (Å²) in [6, 6.07) is 10.2. The normalized spacial score (nSPS) is 10.5. The van der Waals surface area contributed by atoms with Crippen molar-refractivity contribution in [1.29, 1.82) is 0 Å². The van der Waals surface area contributed by atoms with E-state index in [0.29, 0.717) is 5.02 Å². The van der Waals surface area contributed by atoms with Crippen LogP contribution in [-0.4, -0.2) is 23.5 Å². The maximum atomic E-state index is 12.0. The molecule has 0 spiro atoms. The monoisotopic (exact) mass is 330 g/mol. The molecule has 0 unspecified atom stereocenters. The number of anilines is 1. The van der Waals surface area contributed by atoms with E-state index in [1.54, 1.807) is 49.4 Å². The number of nitrogens with one attached hydrogen (secondary N) is 1. The number of rotatable bonds is 5. The van der Waals surface area contributed by atoms with Gasteiger partial charge in [0.1, 0.15) is 11.4 Å². The first-order chi connectivity index (χ1) is 11.1. The molecule has 5 nitrogen and oxygen atoms in total. The van der Waals surface area contributed by atoms with Gasteiger partial charge in [-0.05, 0) is 42.8 Å². The molecule has 2 rings (SSSR count). The summed E-state index contributed by atoms with van der Waals surface area (Å²) < 4.78 is 4.93. The number of ether oxygens (including phenoxy) is 1. The highest BCUT2D eigenvalue weighted by Crippen LogP contribution is 2.14. The summed E-state index contributed by atoms with van der Waals surface area (Å²) in [5, 5.41) is 3.19. The molecule has 1 heterocycles. The predicted octanol–water partition coefficient (Wildman–Crippen LogP) is 3.56. The number of esters is 1. The summed E-state index contributed by atoms with van der Waals surface area (Å²) in [6.07, 6.45) is 4.48. The van der Waals surface area contributed by atoms with Gasteiger partial charge in [0.15, 0.2) is 0 Å². The van der Waals surface area contributed by atoms with Crippen molar-refractivity contribution in [2.45, 2.75) is 6.92 Å². The summed E-state index contributed by atoms with van der Waals surface area (Å²) in [5.41, 5.74) is 1.04. The van der Waals surface area contributed by atoms with Crippen molar-refractivity contribution >= 4 is 35.4 Å². The van der Waals surface area contributed by atoms with Crippen molar-refractivity contribution in [2.75, 3.05) is 11.9 Å². The molecule has 2 aromatic rings. The van der Waals surface area contributed by atoms with Crippen LogP contribution in [0, 0.1) is 0 Å². The highest BCUT2D eigenvalue weighted by atomic mass is 35.5. The number of carbonyl (C=O) groups is 2. The summed E-state index contributed by atoms with van der Waals surface area (Å²) in [7, 11) is 0. The van der Waals surface area contributed by atoms with Gasteiger partial charge in [0, 0.05) is 17.3 Å². The summed E-state index contributed by atoms with van der Waals surface area (Å²) in [6.45, 7) is 1.96. The zero-order valence-electron chi connectivity index (χ0n) is 12.5. The van der Waals surface area contributed by atoms with Crippen LogP contribution in [0.25, 0.3) is 6.08 Å². The van der Waals surface area contributed by atoms with Crippen molar-refractivity contribution in [1.82, 2.24) is 4.98 Å². The van der Waals surface area contributed by atoms with Crippen LogP contribution in [0.2, 0.25) is 5.02 Å². The lowest BCUT2D eigenvalue weighted by molar-refractivity contribution is -0.111. The van der Waals surface area contributed by atoms with Crippen LogP contribution in [0.5, 0.6) is 0 Å². The van der Waals surface area contributed by atoms with Gasteiger partial charge in [0.2, 0.25) is 5.91 Å². The van der Waals surface area contributed by atoms with E-state index in [9.17, 15) is 9.59 Å². The molecule has 0 aliphatic heterocycles. The Hall–Kier alpha value is -2.66. The Labute approximate surface area is 138 Å². The van der Waals surface area contributed by atoms with Gasteiger partial charge >= 0.3 is 5.97 Å². The minimum atomic E-state index is -0.530. The third-order valence-electron chi connectivity index (χ3n) is 2.84. The highest BCUT2D eigenvalue weighted by Gasteiger charge is 2.14. The highest BCUT2D eigenvalue weighted by molar-refractivity contribution is 6.30. The molecule has 0 saturated carbocycles. The fraction of sp³-hybridized carbons (Fsp3) is 0.118. The number of pyridine rings is 1. The Morgan fingerprint density at radius 2 is 2.00 bits per heavy atom. The second-order valence-electron chi connectivity index (χ2n) is 4.49. The molecule has 0 fully saturated rings. The Morgan fingerprint density at radius 1 is 1.26 bits per heavy atom. The summed E-state index contributed by atoms with van der Waals surface area (Å²) in [5.74, 6) is -0.765. The second kappa shape index (κ2) is 8.10. The summed E-state index contributed by atoms with van der Waals surface area (Å²) in [4.78, 5) is 27.8. The standard InChI is InChI=1S/C17H15ClN2O3/c1-2-23-17(22)14-4-3-11-19-16(14)20-15(21)10-7-12-5-8-13(18)9-6-12/h3-11H,2H2,1H3,(H,19,20,21)/b10-7+. The van der Waals surface area contributed by atoms with E-state index in [2.05, 4.69) is 10.3 Å². The molecule has 6 heteroatoms. The lowest BCUT2D eigenvalue weighted by Crippen LogP contribution is -2.15. The zero-order valence-corrected chi connectivity index (χ0v) is 13.2. The van der Waals surface area contributed by atoms with Gasteiger partial charge in [-0.3, -0.25) is 4.79 Å². The van der Waals surface area contributed by atoms with Crippen LogP contribution in [0.1, 0.15) is 22.8 Å². The number of aromatic nitrogens is 1. The predicted molar refractivity (Wildman–Crippen MR) is 89.3 cm³/mol. The number of benzene rings is 1. The number of hydrogen-bond donors (Lipinski definition) is 1. The number of nitrogens with zero attached hydrogens (tertiary/aromatic N) is 1. The smallest absolute Gasteiger partial charge is 0.341 e. The molecule has 1 aromatic carbocycles. The Morgan fingerprint density at radius 3 is 2.70 bits per heavy atom. The summed E-state index contributed by atoms with van der Waals surface area (Å²) >= 11 is 5.80. The first-order valence-corrected chi connectivity index (χ1v) is 7.34. The third kappa shape index (κ3) is 4.93. The quantitative estimate of drug-likeness (QED) is 0.672. The van der Waals surface area contributed by atoms with E-state index < -0.39 is 11.9 Å². The molecule has 118 valence electrons. The maximum Gasteiger partial charge on any atom is 0.341 e. The number of amides is 1. The zero-order chi connectivity index (χ0) is 16.7. The van der Waals surface area contributed by atoms with Crippen LogP contribution in [0.15, 0.2) is 48.7 Å². The third-order valence-corrected chi connectivity index (χ3v) is 3.09. The van der Waals surface area contributed by atoms with Crippen molar-refractivity contribution < 1.29 is 14.3 Å². The number of hydrogen-bond acceptors (Lipinski definition) is 4. The molecular formula is C17H15ClN2O3. The molecule has 23 heavy (non-hydrogen) atoms. The lowest BCUT2D eigenvalue weighted by Gasteiger charge is -2.07. The van der Waals surface area contributed by atoms with Crippen molar-refractivity contribution in [3.05, 3.63) is 64.8 Å². The van der Waals surface area contributed by atoms with Gasteiger partial charge in [0.25, 0.3) is 0 Å². The Kier molecular flexibility index (Phi) is 5.88. The number of carbonyl (C=O) groups excluding carboxylic acids is 2. The van der Waals surface area contributed by atoms with Gasteiger partial charge < -0.3 is 10.1 Å². The molecule has 0 aliphatic carbocycles. The molecule has 0 aliphatic rings. The van der Waals surface area contributed by atoms with Gasteiger partial charge in [0.05, 0.1) is 6.61 Å². The SMILES string of the molecule is CCOC(=O)c1cccnc1NC(=O)/C=C/c1ccc(Cl)cc1. The minimum Gasteiger partial charge on any atom is -0.462 e. The molecule has 1 N–H and O–H groups in total. The first-order valence-electron chi connectivity index (χ1n) is 6.97.